The molecule has 1 aromatic carbocycles. The van der Waals surface area contributed by atoms with Gasteiger partial charge in [-0.3, -0.25) is 14.8 Å². The zero-order chi connectivity index (χ0) is 17.2. The Kier molecular flexibility index (Phi) is 4.44. The molecule has 2 heterocycles. The summed E-state index contributed by atoms with van der Waals surface area (Å²) in [7, 11) is 1.69. The van der Waals surface area contributed by atoms with E-state index >= 15 is 0 Å². The maximum Gasteiger partial charge on any atom is 0.226 e. The van der Waals surface area contributed by atoms with Crippen LogP contribution >= 0.6 is 0 Å². The molecule has 1 saturated heterocycles. The van der Waals surface area contributed by atoms with E-state index in [2.05, 4.69) is 32.5 Å². The number of amides is 1. The zero-order valence-corrected chi connectivity index (χ0v) is 14.4. The predicted octanol–water partition coefficient (Wildman–Crippen LogP) is 2.05. The number of nitrogens with zero attached hydrogens (tertiary/aromatic N) is 2. The van der Waals surface area contributed by atoms with Gasteiger partial charge in [0.15, 0.2) is 0 Å². The second kappa shape index (κ2) is 6.88. The lowest BCUT2D eigenvalue weighted by atomic mass is 9.99. The standard InChI is InChI=1S/C19H24N4O2/c1-25-16-4-2-3-13(11-16)19-17(8-10-23(19)15-5-6-15)21-18(24)12-14-7-9-20-22-14/h2-4,7,9,11,15,17,19H,5-6,8,10,12H2,1H3,(H,20,22)(H,21,24)/t17-,19-/m0/s1. The molecule has 1 amide bonds. The normalized spacial score (nSPS) is 23.6. The SMILES string of the molecule is COc1cccc([C@H]2[C@@H](NC(=O)Cc3ccn[nH]3)CCN2C2CC2)c1. The molecule has 1 saturated carbocycles. The van der Waals surface area contributed by atoms with Gasteiger partial charge in [0.25, 0.3) is 0 Å². The molecule has 6 nitrogen and oxygen atoms in total. The van der Waals surface area contributed by atoms with Gasteiger partial charge in [0, 0.05) is 30.5 Å². The van der Waals surface area contributed by atoms with Crippen LogP contribution in [-0.4, -0.2) is 46.7 Å². The second-order valence-electron chi connectivity index (χ2n) is 6.91. The molecule has 2 aromatic rings. The fourth-order valence-corrected chi connectivity index (χ4v) is 3.85. The summed E-state index contributed by atoms with van der Waals surface area (Å²) >= 11 is 0. The minimum Gasteiger partial charge on any atom is -0.497 e. The molecule has 2 atom stereocenters. The number of hydrogen-bond acceptors (Lipinski definition) is 4. The highest BCUT2D eigenvalue weighted by Crippen LogP contribution is 2.41. The first-order valence-electron chi connectivity index (χ1n) is 8.92. The van der Waals surface area contributed by atoms with Crippen LogP contribution in [0.15, 0.2) is 36.5 Å². The number of aromatic nitrogens is 2. The van der Waals surface area contributed by atoms with Crippen LogP contribution in [0.4, 0.5) is 0 Å². The van der Waals surface area contributed by atoms with Gasteiger partial charge in [-0.25, -0.2) is 0 Å². The van der Waals surface area contributed by atoms with E-state index in [1.807, 2.05) is 18.2 Å². The molecule has 0 unspecified atom stereocenters. The van der Waals surface area contributed by atoms with Gasteiger partial charge in [-0.15, -0.1) is 0 Å². The zero-order valence-electron chi connectivity index (χ0n) is 14.4. The first kappa shape index (κ1) is 16.1. The van der Waals surface area contributed by atoms with E-state index in [1.165, 1.54) is 18.4 Å². The van der Waals surface area contributed by atoms with Crippen LogP contribution in [0.5, 0.6) is 5.75 Å². The van der Waals surface area contributed by atoms with Crippen LogP contribution in [0.25, 0.3) is 0 Å². The van der Waals surface area contributed by atoms with Gasteiger partial charge < -0.3 is 10.1 Å². The first-order chi connectivity index (χ1) is 12.2. The summed E-state index contributed by atoms with van der Waals surface area (Å²) in [5, 5.41) is 10.0. The Labute approximate surface area is 147 Å². The Hall–Kier alpha value is -2.34. The van der Waals surface area contributed by atoms with Crippen molar-refractivity contribution in [3.8, 4) is 5.75 Å². The van der Waals surface area contributed by atoms with Crippen LogP contribution < -0.4 is 10.1 Å². The second-order valence-corrected chi connectivity index (χ2v) is 6.91. The third kappa shape index (κ3) is 3.54. The molecule has 25 heavy (non-hydrogen) atoms. The molecule has 2 aliphatic rings. The number of likely N-dealkylation sites (tertiary alicyclic amines) is 1. The lowest BCUT2D eigenvalue weighted by Gasteiger charge is -2.29. The molecule has 2 N–H and O–H groups in total. The van der Waals surface area contributed by atoms with E-state index in [4.69, 9.17) is 4.74 Å². The molecular formula is C19H24N4O2. The van der Waals surface area contributed by atoms with Crippen molar-refractivity contribution in [1.82, 2.24) is 20.4 Å². The van der Waals surface area contributed by atoms with Crippen LogP contribution in [0.1, 0.15) is 36.6 Å². The average molecular weight is 340 g/mol. The molecule has 1 aliphatic carbocycles. The molecule has 2 fully saturated rings. The number of nitrogens with one attached hydrogen (secondary N) is 2. The lowest BCUT2D eigenvalue weighted by molar-refractivity contribution is -0.121. The average Bonchev–Trinajstić information content (AvgIpc) is 3.19. The van der Waals surface area contributed by atoms with E-state index in [9.17, 15) is 4.79 Å². The van der Waals surface area contributed by atoms with Crippen LogP contribution in [-0.2, 0) is 11.2 Å². The van der Waals surface area contributed by atoms with Crippen molar-refractivity contribution < 1.29 is 9.53 Å². The summed E-state index contributed by atoms with van der Waals surface area (Å²) in [5.41, 5.74) is 2.06. The van der Waals surface area contributed by atoms with Gasteiger partial charge in [0.2, 0.25) is 5.91 Å². The van der Waals surface area contributed by atoms with Crippen molar-refractivity contribution in [2.75, 3.05) is 13.7 Å². The summed E-state index contributed by atoms with van der Waals surface area (Å²) in [6.45, 7) is 1.03. The number of hydrogen-bond donors (Lipinski definition) is 2. The van der Waals surface area contributed by atoms with E-state index in [0.29, 0.717) is 12.5 Å². The smallest absolute Gasteiger partial charge is 0.226 e. The fourth-order valence-electron chi connectivity index (χ4n) is 3.85. The van der Waals surface area contributed by atoms with Crippen molar-refractivity contribution in [1.29, 1.82) is 0 Å². The van der Waals surface area contributed by atoms with Crippen molar-refractivity contribution in [2.24, 2.45) is 0 Å². The van der Waals surface area contributed by atoms with Crippen LogP contribution in [0.2, 0.25) is 0 Å². The van der Waals surface area contributed by atoms with Gasteiger partial charge in [0.05, 0.1) is 19.6 Å². The van der Waals surface area contributed by atoms with E-state index < -0.39 is 0 Å². The van der Waals surface area contributed by atoms with E-state index in [-0.39, 0.29) is 18.0 Å². The molecular weight excluding hydrogens is 316 g/mol. The van der Waals surface area contributed by atoms with Gasteiger partial charge >= 0.3 is 0 Å². The molecule has 1 aliphatic heterocycles. The Bertz CT molecular complexity index is 727. The fraction of sp³-hybridized carbons (Fsp3) is 0.474. The van der Waals surface area contributed by atoms with Gasteiger partial charge in [-0.1, -0.05) is 12.1 Å². The van der Waals surface area contributed by atoms with Gasteiger partial charge in [0.1, 0.15) is 5.75 Å². The molecule has 1 aromatic heterocycles. The number of H-pyrrole nitrogens is 1. The number of ether oxygens (including phenoxy) is 1. The Morgan fingerprint density at radius 2 is 2.24 bits per heavy atom. The van der Waals surface area contributed by atoms with Gasteiger partial charge in [-0.2, -0.15) is 5.10 Å². The molecule has 6 heteroatoms. The minimum atomic E-state index is 0.0415. The minimum absolute atomic E-state index is 0.0415. The number of rotatable bonds is 6. The maximum absolute atomic E-state index is 12.5. The maximum atomic E-state index is 12.5. The highest BCUT2D eigenvalue weighted by atomic mass is 16.5. The number of carbonyl (C=O) groups is 1. The van der Waals surface area contributed by atoms with Gasteiger partial charge in [-0.05, 0) is 43.0 Å². The van der Waals surface area contributed by atoms with Crippen LogP contribution in [0.3, 0.4) is 0 Å². The monoisotopic (exact) mass is 340 g/mol. The van der Waals surface area contributed by atoms with E-state index in [1.54, 1.807) is 13.3 Å². The summed E-state index contributed by atoms with van der Waals surface area (Å²) in [5.74, 6) is 0.905. The molecule has 0 bridgehead atoms. The van der Waals surface area contributed by atoms with Crippen molar-refractivity contribution >= 4 is 5.91 Å². The molecule has 4 rings (SSSR count). The lowest BCUT2D eigenvalue weighted by Crippen LogP contribution is -2.40. The summed E-state index contributed by atoms with van der Waals surface area (Å²) < 4.78 is 5.40. The summed E-state index contributed by atoms with van der Waals surface area (Å²) in [6.07, 6.45) is 5.51. The van der Waals surface area contributed by atoms with Crippen molar-refractivity contribution in [3.05, 3.63) is 47.8 Å². The Morgan fingerprint density at radius 3 is 2.96 bits per heavy atom. The van der Waals surface area contributed by atoms with Crippen LogP contribution in [0, 0.1) is 0 Å². The molecule has 0 spiro atoms. The third-order valence-corrected chi connectivity index (χ3v) is 5.14. The highest BCUT2D eigenvalue weighted by molar-refractivity contribution is 5.78. The van der Waals surface area contributed by atoms with Crippen molar-refractivity contribution in [3.63, 3.8) is 0 Å². The topological polar surface area (TPSA) is 70.2 Å². The number of benzene rings is 1. The highest BCUT2D eigenvalue weighted by Gasteiger charge is 2.43. The quantitative estimate of drug-likeness (QED) is 0.844. The number of carbonyl (C=O) groups excluding carboxylic acids is 1. The number of methoxy groups -OCH3 is 1. The molecule has 0 radical (unpaired) electrons. The number of aromatic amines is 1. The Morgan fingerprint density at radius 1 is 1.36 bits per heavy atom. The first-order valence-corrected chi connectivity index (χ1v) is 8.92. The third-order valence-electron chi connectivity index (χ3n) is 5.14. The summed E-state index contributed by atoms with van der Waals surface area (Å²) in [4.78, 5) is 15.0. The largest absolute Gasteiger partial charge is 0.497 e. The van der Waals surface area contributed by atoms with E-state index in [0.717, 1.165) is 24.4 Å². The predicted molar refractivity (Wildman–Crippen MR) is 94.3 cm³/mol. The Balaban J connectivity index is 1.52. The van der Waals surface area contributed by atoms with Crippen molar-refractivity contribution in [2.45, 2.75) is 43.8 Å². The summed E-state index contributed by atoms with van der Waals surface area (Å²) in [6, 6.07) is 11.1. The molecule has 132 valence electrons.